The highest BCUT2D eigenvalue weighted by molar-refractivity contribution is 5.72. The monoisotopic (exact) mass is 295 g/mol. The van der Waals surface area contributed by atoms with Crippen molar-refractivity contribution in [2.45, 2.75) is 26.2 Å². The summed E-state index contributed by atoms with van der Waals surface area (Å²) in [4.78, 5) is 10.4. The van der Waals surface area contributed by atoms with Gasteiger partial charge in [0.05, 0.1) is 5.69 Å². The minimum Gasteiger partial charge on any atom is -0.326 e. The van der Waals surface area contributed by atoms with E-state index >= 15 is 0 Å². The van der Waals surface area contributed by atoms with Gasteiger partial charge in [-0.2, -0.15) is 0 Å². The second-order valence-electron chi connectivity index (χ2n) is 5.01. The van der Waals surface area contributed by atoms with Crippen LogP contribution < -0.4 is 5.32 Å². The van der Waals surface area contributed by atoms with E-state index in [-0.39, 0.29) is 5.69 Å². The van der Waals surface area contributed by atoms with Crippen molar-refractivity contribution >= 4 is 12.1 Å². The topological polar surface area (TPSA) is 29.1 Å². The predicted molar refractivity (Wildman–Crippen MR) is 87.1 cm³/mol. The van der Waals surface area contributed by atoms with Gasteiger partial charge < -0.3 is 5.32 Å². The maximum atomic E-state index is 13.4. The lowest BCUT2D eigenvalue weighted by Gasteiger charge is -2.01. The molecule has 0 aliphatic heterocycles. The maximum Gasteiger partial charge on any atom is 0.211 e. The minimum absolute atomic E-state index is 0.136. The van der Waals surface area contributed by atoms with E-state index in [1.807, 2.05) is 12.1 Å². The Bertz CT molecular complexity index is 696. The SMILES string of the molecule is CCCCc1ccc(C#Cc2ccc(F)c(NC=O)c2)cc1. The molecule has 0 fully saturated rings. The smallest absolute Gasteiger partial charge is 0.211 e. The molecule has 112 valence electrons. The molecule has 0 unspecified atom stereocenters. The number of rotatable bonds is 5. The Kier molecular flexibility index (Phi) is 5.73. The summed E-state index contributed by atoms with van der Waals surface area (Å²) in [5.41, 5.74) is 3.01. The quantitative estimate of drug-likeness (QED) is 0.652. The van der Waals surface area contributed by atoms with Gasteiger partial charge in [0.1, 0.15) is 5.82 Å². The number of unbranched alkanes of at least 4 members (excludes halogenated alkanes) is 1. The summed E-state index contributed by atoms with van der Waals surface area (Å²) in [7, 11) is 0. The summed E-state index contributed by atoms with van der Waals surface area (Å²) in [6, 6.07) is 12.6. The van der Waals surface area contributed by atoms with Gasteiger partial charge in [0.15, 0.2) is 0 Å². The normalized spacial score (nSPS) is 9.73. The number of amides is 1. The first-order valence-corrected chi connectivity index (χ1v) is 7.33. The highest BCUT2D eigenvalue weighted by atomic mass is 19.1. The molecular formula is C19H18FNO. The molecule has 0 saturated heterocycles. The zero-order chi connectivity index (χ0) is 15.8. The van der Waals surface area contributed by atoms with Crippen LogP contribution in [0.4, 0.5) is 10.1 Å². The lowest BCUT2D eigenvalue weighted by Crippen LogP contribution is -1.97. The molecule has 0 spiro atoms. The first-order chi connectivity index (χ1) is 10.7. The molecule has 2 aromatic rings. The largest absolute Gasteiger partial charge is 0.326 e. The van der Waals surface area contributed by atoms with Crippen LogP contribution in [-0.4, -0.2) is 6.41 Å². The molecule has 2 nitrogen and oxygen atoms in total. The van der Waals surface area contributed by atoms with E-state index in [2.05, 4.69) is 36.2 Å². The number of halogens is 1. The van der Waals surface area contributed by atoms with Crippen molar-refractivity contribution in [3.63, 3.8) is 0 Å². The highest BCUT2D eigenvalue weighted by Gasteiger charge is 2.01. The number of carbonyl (C=O) groups excluding carboxylic acids is 1. The zero-order valence-electron chi connectivity index (χ0n) is 12.5. The van der Waals surface area contributed by atoms with Crippen LogP contribution in [0.5, 0.6) is 0 Å². The summed E-state index contributed by atoms with van der Waals surface area (Å²) in [5, 5.41) is 2.32. The Morgan fingerprint density at radius 3 is 2.45 bits per heavy atom. The van der Waals surface area contributed by atoms with E-state index in [0.717, 1.165) is 12.0 Å². The van der Waals surface area contributed by atoms with E-state index in [1.165, 1.54) is 30.5 Å². The predicted octanol–water partition coefficient (Wildman–Crippen LogP) is 4.14. The van der Waals surface area contributed by atoms with Crippen LogP contribution in [0.3, 0.4) is 0 Å². The first-order valence-electron chi connectivity index (χ1n) is 7.33. The second-order valence-corrected chi connectivity index (χ2v) is 5.01. The summed E-state index contributed by atoms with van der Waals surface area (Å²) >= 11 is 0. The van der Waals surface area contributed by atoms with Crippen LogP contribution >= 0.6 is 0 Å². The molecule has 0 bridgehead atoms. The maximum absolute atomic E-state index is 13.4. The van der Waals surface area contributed by atoms with Gasteiger partial charge in [-0.15, -0.1) is 0 Å². The summed E-state index contributed by atoms with van der Waals surface area (Å²) < 4.78 is 13.4. The van der Waals surface area contributed by atoms with Crippen molar-refractivity contribution in [1.29, 1.82) is 0 Å². The Hall–Kier alpha value is -2.60. The van der Waals surface area contributed by atoms with E-state index in [0.29, 0.717) is 12.0 Å². The standard InChI is InChI=1S/C19H18FNO/c1-2-3-4-15-5-7-16(8-6-15)9-10-17-11-12-18(20)19(13-17)21-14-22/h5-8,11-14H,2-4H2,1H3,(H,21,22). The van der Waals surface area contributed by atoms with Gasteiger partial charge >= 0.3 is 0 Å². The molecule has 2 aromatic carbocycles. The number of aryl methyl sites for hydroxylation is 1. The van der Waals surface area contributed by atoms with Gasteiger partial charge in [-0.3, -0.25) is 4.79 Å². The Morgan fingerprint density at radius 2 is 1.77 bits per heavy atom. The summed E-state index contributed by atoms with van der Waals surface area (Å²) in [6.45, 7) is 2.18. The Balaban J connectivity index is 2.12. The van der Waals surface area contributed by atoms with Gasteiger partial charge in [-0.1, -0.05) is 37.3 Å². The van der Waals surface area contributed by atoms with Crippen LogP contribution in [0.15, 0.2) is 42.5 Å². The van der Waals surface area contributed by atoms with Gasteiger partial charge in [-0.25, -0.2) is 4.39 Å². The summed E-state index contributed by atoms with van der Waals surface area (Å²) in [6.07, 6.45) is 3.91. The molecule has 0 radical (unpaired) electrons. The van der Waals surface area contributed by atoms with Crippen LogP contribution in [0, 0.1) is 17.7 Å². The summed E-state index contributed by atoms with van der Waals surface area (Å²) in [5.74, 6) is 5.55. The molecule has 1 amide bonds. The Labute approximate surface area is 130 Å². The third kappa shape index (κ3) is 4.46. The number of carbonyl (C=O) groups is 1. The molecule has 0 aliphatic carbocycles. The van der Waals surface area contributed by atoms with Crippen molar-refractivity contribution in [2.75, 3.05) is 5.32 Å². The fourth-order valence-corrected chi connectivity index (χ4v) is 2.06. The average Bonchev–Trinajstić information content (AvgIpc) is 2.55. The molecule has 0 aliphatic rings. The number of hydrogen-bond donors (Lipinski definition) is 1. The fraction of sp³-hybridized carbons (Fsp3) is 0.211. The number of anilines is 1. The van der Waals surface area contributed by atoms with Gasteiger partial charge in [0, 0.05) is 11.1 Å². The number of hydrogen-bond acceptors (Lipinski definition) is 1. The molecule has 0 saturated carbocycles. The van der Waals surface area contributed by atoms with Crippen molar-refractivity contribution < 1.29 is 9.18 Å². The third-order valence-corrected chi connectivity index (χ3v) is 3.30. The van der Waals surface area contributed by atoms with E-state index < -0.39 is 5.82 Å². The first kappa shape index (κ1) is 15.8. The molecule has 3 heteroatoms. The van der Waals surface area contributed by atoms with Gasteiger partial charge in [0.25, 0.3) is 0 Å². The van der Waals surface area contributed by atoms with Crippen LogP contribution in [0.1, 0.15) is 36.5 Å². The molecule has 1 N–H and O–H groups in total. The fourth-order valence-electron chi connectivity index (χ4n) is 2.06. The molecule has 0 heterocycles. The minimum atomic E-state index is -0.474. The van der Waals surface area contributed by atoms with Crippen LogP contribution in [0.25, 0.3) is 0 Å². The van der Waals surface area contributed by atoms with Crippen molar-refractivity contribution in [2.24, 2.45) is 0 Å². The molecule has 2 rings (SSSR count). The van der Waals surface area contributed by atoms with E-state index in [9.17, 15) is 9.18 Å². The number of nitrogens with one attached hydrogen (secondary N) is 1. The van der Waals surface area contributed by atoms with Crippen molar-refractivity contribution in [1.82, 2.24) is 0 Å². The highest BCUT2D eigenvalue weighted by Crippen LogP contribution is 2.15. The Morgan fingerprint density at radius 1 is 1.09 bits per heavy atom. The second kappa shape index (κ2) is 7.99. The molecule has 0 atom stereocenters. The van der Waals surface area contributed by atoms with E-state index in [1.54, 1.807) is 6.07 Å². The van der Waals surface area contributed by atoms with Gasteiger partial charge in [0.2, 0.25) is 6.41 Å². The molecular weight excluding hydrogens is 277 g/mol. The average molecular weight is 295 g/mol. The molecule has 22 heavy (non-hydrogen) atoms. The lowest BCUT2D eigenvalue weighted by molar-refractivity contribution is -0.105. The molecule has 0 aromatic heterocycles. The van der Waals surface area contributed by atoms with Gasteiger partial charge in [-0.05, 0) is 48.7 Å². The third-order valence-electron chi connectivity index (χ3n) is 3.30. The number of benzene rings is 2. The van der Waals surface area contributed by atoms with Crippen LogP contribution in [0.2, 0.25) is 0 Å². The van der Waals surface area contributed by atoms with Crippen molar-refractivity contribution in [3.8, 4) is 11.8 Å². The van der Waals surface area contributed by atoms with E-state index in [4.69, 9.17) is 0 Å². The van der Waals surface area contributed by atoms with Crippen molar-refractivity contribution in [3.05, 3.63) is 65.0 Å². The lowest BCUT2D eigenvalue weighted by atomic mass is 10.1. The van der Waals surface area contributed by atoms with Crippen LogP contribution in [-0.2, 0) is 11.2 Å². The zero-order valence-corrected chi connectivity index (χ0v) is 12.5.